The summed E-state index contributed by atoms with van der Waals surface area (Å²) in [5.74, 6) is -0.647. The molecule has 0 radical (unpaired) electrons. The number of amides is 1. The summed E-state index contributed by atoms with van der Waals surface area (Å²) in [4.78, 5) is 31.0. The Morgan fingerprint density at radius 3 is 2.75 bits per heavy atom. The first kappa shape index (κ1) is 15.3. The van der Waals surface area contributed by atoms with Gasteiger partial charge in [0.15, 0.2) is 0 Å². The zero-order valence-electron chi connectivity index (χ0n) is 13.1. The molecule has 2 fully saturated rings. The Morgan fingerprint density at radius 2 is 2.00 bits per heavy atom. The quantitative estimate of drug-likeness (QED) is 0.930. The number of benzene rings is 1. The molecule has 1 amide bonds. The van der Waals surface area contributed by atoms with Gasteiger partial charge in [-0.3, -0.25) is 4.79 Å². The van der Waals surface area contributed by atoms with Crippen molar-refractivity contribution in [1.29, 1.82) is 0 Å². The largest absolute Gasteiger partial charge is 0.480 e. The second-order valence-corrected chi connectivity index (χ2v) is 7.52. The maximum absolute atomic E-state index is 12.9. The van der Waals surface area contributed by atoms with Gasteiger partial charge >= 0.3 is 5.97 Å². The molecule has 2 aromatic rings. The van der Waals surface area contributed by atoms with Crippen LogP contribution in [-0.4, -0.2) is 39.5 Å². The van der Waals surface area contributed by atoms with Crippen LogP contribution >= 0.6 is 11.3 Å². The van der Waals surface area contributed by atoms with Gasteiger partial charge in [0.2, 0.25) is 0 Å². The molecule has 1 aromatic heterocycles. The summed E-state index contributed by atoms with van der Waals surface area (Å²) < 4.78 is 0. The van der Waals surface area contributed by atoms with E-state index < -0.39 is 12.0 Å². The van der Waals surface area contributed by atoms with Gasteiger partial charge in [0, 0.05) is 12.1 Å². The molecule has 6 heteroatoms. The molecule has 5 nitrogen and oxygen atoms in total. The second-order valence-electron chi connectivity index (χ2n) is 6.49. The lowest BCUT2D eigenvalue weighted by atomic mass is 9.94. The second kappa shape index (κ2) is 6.02. The highest BCUT2D eigenvalue weighted by Crippen LogP contribution is 2.43. The molecule has 1 aliphatic heterocycles. The van der Waals surface area contributed by atoms with Crippen molar-refractivity contribution in [3.8, 4) is 10.6 Å². The molecule has 4 rings (SSSR count). The Kier molecular flexibility index (Phi) is 3.84. The first-order valence-corrected chi connectivity index (χ1v) is 9.02. The Labute approximate surface area is 143 Å². The number of aromatic nitrogens is 1. The SMILES string of the molecule is O=C(O)C1C2CCCC2CN1C(=O)c1cnc(-c2ccccc2)s1. The van der Waals surface area contributed by atoms with Crippen molar-refractivity contribution in [2.75, 3.05) is 6.54 Å². The number of carbonyl (C=O) groups is 2. The van der Waals surface area contributed by atoms with Crippen molar-refractivity contribution in [2.24, 2.45) is 11.8 Å². The highest BCUT2D eigenvalue weighted by atomic mass is 32.1. The van der Waals surface area contributed by atoms with E-state index in [9.17, 15) is 14.7 Å². The summed E-state index contributed by atoms with van der Waals surface area (Å²) in [5.41, 5.74) is 0.967. The van der Waals surface area contributed by atoms with Crippen LogP contribution in [0.2, 0.25) is 0 Å². The number of aliphatic carboxylic acids is 1. The number of likely N-dealkylation sites (tertiary alicyclic amines) is 1. The summed E-state index contributed by atoms with van der Waals surface area (Å²) >= 11 is 1.33. The fourth-order valence-electron chi connectivity index (χ4n) is 4.06. The topological polar surface area (TPSA) is 70.5 Å². The number of hydrogen-bond donors (Lipinski definition) is 1. The van der Waals surface area contributed by atoms with Crippen LogP contribution in [0.4, 0.5) is 0 Å². The summed E-state index contributed by atoms with van der Waals surface area (Å²) in [6, 6.07) is 9.01. The first-order chi connectivity index (χ1) is 11.6. The van der Waals surface area contributed by atoms with Gasteiger partial charge < -0.3 is 10.0 Å². The van der Waals surface area contributed by atoms with Crippen LogP contribution in [0.5, 0.6) is 0 Å². The molecule has 124 valence electrons. The molecule has 1 saturated carbocycles. The minimum atomic E-state index is -0.884. The minimum absolute atomic E-state index is 0.105. The molecule has 0 spiro atoms. The highest BCUT2D eigenvalue weighted by Gasteiger charge is 2.49. The Morgan fingerprint density at radius 1 is 1.21 bits per heavy atom. The Balaban J connectivity index is 1.60. The van der Waals surface area contributed by atoms with Crippen molar-refractivity contribution in [3.63, 3.8) is 0 Å². The molecule has 2 aliphatic rings. The lowest BCUT2D eigenvalue weighted by Gasteiger charge is -2.23. The standard InChI is InChI=1S/C18H18N2O3S/c21-17(14-9-19-16(24-14)11-5-2-1-3-6-11)20-10-12-7-4-8-13(12)15(20)18(22)23/h1-3,5-6,9,12-13,15H,4,7-8,10H2,(H,22,23). The number of carboxylic acids is 1. The van der Waals surface area contributed by atoms with Crippen LogP contribution < -0.4 is 0 Å². The monoisotopic (exact) mass is 342 g/mol. The Hall–Kier alpha value is -2.21. The van der Waals surface area contributed by atoms with Gasteiger partial charge in [-0.05, 0) is 24.7 Å². The zero-order chi connectivity index (χ0) is 16.7. The van der Waals surface area contributed by atoms with E-state index in [0.717, 1.165) is 29.8 Å². The molecule has 3 unspecified atom stereocenters. The van der Waals surface area contributed by atoms with Gasteiger partial charge in [-0.25, -0.2) is 9.78 Å². The van der Waals surface area contributed by atoms with Crippen molar-refractivity contribution in [2.45, 2.75) is 25.3 Å². The third-order valence-electron chi connectivity index (χ3n) is 5.14. The van der Waals surface area contributed by atoms with Gasteiger partial charge in [0.25, 0.3) is 5.91 Å². The summed E-state index contributed by atoms with van der Waals surface area (Å²) in [6.45, 7) is 0.555. The third kappa shape index (κ3) is 2.51. The lowest BCUT2D eigenvalue weighted by molar-refractivity contribution is -0.142. The number of carbonyl (C=O) groups excluding carboxylic acids is 1. The van der Waals surface area contributed by atoms with Crippen LogP contribution in [0.3, 0.4) is 0 Å². The molecule has 1 N–H and O–H groups in total. The smallest absolute Gasteiger partial charge is 0.326 e. The van der Waals surface area contributed by atoms with E-state index in [4.69, 9.17) is 0 Å². The van der Waals surface area contributed by atoms with Gasteiger partial charge in [0.05, 0.1) is 6.20 Å². The molecule has 1 aromatic carbocycles. The lowest BCUT2D eigenvalue weighted by Crippen LogP contribution is -2.43. The molecule has 1 aliphatic carbocycles. The van der Waals surface area contributed by atoms with Gasteiger partial charge in [-0.15, -0.1) is 11.3 Å². The number of rotatable bonds is 3. The van der Waals surface area contributed by atoms with E-state index in [1.807, 2.05) is 30.3 Å². The predicted octanol–water partition coefficient (Wildman–Crippen LogP) is 3.14. The molecule has 24 heavy (non-hydrogen) atoms. The van der Waals surface area contributed by atoms with E-state index in [-0.39, 0.29) is 11.8 Å². The van der Waals surface area contributed by atoms with E-state index in [2.05, 4.69) is 4.98 Å². The third-order valence-corrected chi connectivity index (χ3v) is 6.18. The molecular weight excluding hydrogens is 324 g/mol. The maximum atomic E-state index is 12.9. The summed E-state index contributed by atoms with van der Waals surface area (Å²) in [5, 5.41) is 10.4. The van der Waals surface area contributed by atoms with Crippen LogP contribution in [0.25, 0.3) is 10.6 Å². The number of carboxylic acid groups (broad SMARTS) is 1. The van der Waals surface area contributed by atoms with Crippen molar-refractivity contribution in [1.82, 2.24) is 9.88 Å². The van der Waals surface area contributed by atoms with E-state index in [1.54, 1.807) is 11.1 Å². The van der Waals surface area contributed by atoms with Crippen LogP contribution in [0, 0.1) is 11.8 Å². The number of thiazole rings is 1. The summed E-state index contributed by atoms with van der Waals surface area (Å²) in [6.07, 6.45) is 4.57. The van der Waals surface area contributed by atoms with Crippen molar-refractivity contribution in [3.05, 3.63) is 41.4 Å². The predicted molar refractivity (Wildman–Crippen MR) is 90.8 cm³/mol. The van der Waals surface area contributed by atoms with E-state index >= 15 is 0 Å². The van der Waals surface area contributed by atoms with Crippen LogP contribution in [0.1, 0.15) is 28.9 Å². The molecule has 0 bridgehead atoms. The molecular formula is C18H18N2O3S. The van der Waals surface area contributed by atoms with Crippen LogP contribution in [0.15, 0.2) is 36.5 Å². The van der Waals surface area contributed by atoms with E-state index in [1.165, 1.54) is 11.3 Å². The zero-order valence-corrected chi connectivity index (χ0v) is 13.9. The minimum Gasteiger partial charge on any atom is -0.480 e. The highest BCUT2D eigenvalue weighted by molar-refractivity contribution is 7.16. The van der Waals surface area contributed by atoms with Crippen molar-refractivity contribution >= 4 is 23.2 Å². The molecule has 1 saturated heterocycles. The van der Waals surface area contributed by atoms with Crippen LogP contribution in [-0.2, 0) is 4.79 Å². The normalized spacial score (nSPS) is 25.7. The maximum Gasteiger partial charge on any atom is 0.326 e. The van der Waals surface area contributed by atoms with Gasteiger partial charge in [0.1, 0.15) is 15.9 Å². The molecule has 2 heterocycles. The number of fused-ring (bicyclic) bond motifs is 1. The number of hydrogen-bond acceptors (Lipinski definition) is 4. The average molecular weight is 342 g/mol. The Bertz CT molecular complexity index is 774. The van der Waals surface area contributed by atoms with Crippen molar-refractivity contribution < 1.29 is 14.7 Å². The summed E-state index contributed by atoms with van der Waals surface area (Å²) in [7, 11) is 0. The number of nitrogens with zero attached hydrogens (tertiary/aromatic N) is 2. The fraction of sp³-hybridized carbons (Fsp3) is 0.389. The molecule has 3 atom stereocenters. The fourth-order valence-corrected chi connectivity index (χ4v) is 4.94. The first-order valence-electron chi connectivity index (χ1n) is 8.20. The van der Waals surface area contributed by atoms with Gasteiger partial charge in [-0.2, -0.15) is 0 Å². The van der Waals surface area contributed by atoms with E-state index in [0.29, 0.717) is 17.3 Å². The average Bonchev–Trinajstić information content (AvgIpc) is 3.29. The van der Waals surface area contributed by atoms with Gasteiger partial charge in [-0.1, -0.05) is 36.8 Å².